The molecule has 0 bridgehead atoms. The first-order valence-electron chi connectivity index (χ1n) is 3.42. The lowest BCUT2D eigenvalue weighted by atomic mass is 10.5. The molecule has 1 nitrogen and oxygen atoms in total. The first kappa shape index (κ1) is 12.4. The molecule has 0 radical (unpaired) electrons. The van der Waals surface area contributed by atoms with Crippen molar-refractivity contribution < 1.29 is 4.74 Å². The molecule has 0 atom stereocenters. The van der Waals surface area contributed by atoms with Crippen molar-refractivity contribution in [1.82, 2.24) is 0 Å². The molecule has 11 heavy (non-hydrogen) atoms. The van der Waals surface area contributed by atoms with Crippen LogP contribution >= 0.6 is 50.5 Å². The van der Waals surface area contributed by atoms with Gasteiger partial charge in [-0.05, 0) is 12.8 Å². The van der Waals surface area contributed by atoms with Crippen molar-refractivity contribution in [1.29, 1.82) is 0 Å². The Morgan fingerprint density at radius 1 is 0.909 bits per heavy atom. The SMILES string of the molecule is CCC(S)(S)OC(S)(S)CC. The van der Waals surface area contributed by atoms with E-state index in [2.05, 4.69) is 50.5 Å². The lowest BCUT2D eigenvalue weighted by Crippen LogP contribution is -2.28. The van der Waals surface area contributed by atoms with Crippen LogP contribution in [0.2, 0.25) is 0 Å². The Balaban J connectivity index is 4.02. The Hall–Kier alpha value is 1.36. The third kappa shape index (κ3) is 5.58. The summed E-state index contributed by atoms with van der Waals surface area (Å²) >= 11 is 16.7. The van der Waals surface area contributed by atoms with Gasteiger partial charge in [-0.2, -0.15) is 0 Å². The third-order valence-electron chi connectivity index (χ3n) is 1.25. The highest BCUT2D eigenvalue weighted by Crippen LogP contribution is 2.36. The molecule has 0 saturated heterocycles. The van der Waals surface area contributed by atoms with Gasteiger partial charge < -0.3 is 4.74 Å². The van der Waals surface area contributed by atoms with Crippen LogP contribution in [-0.2, 0) is 4.74 Å². The second-order valence-corrected chi connectivity index (χ2v) is 5.89. The van der Waals surface area contributed by atoms with Crippen molar-refractivity contribution >= 4 is 50.5 Å². The summed E-state index contributed by atoms with van der Waals surface area (Å²) in [6.45, 7) is 3.88. The van der Waals surface area contributed by atoms with Crippen LogP contribution in [0, 0.1) is 0 Å². The maximum absolute atomic E-state index is 5.38. The highest BCUT2D eigenvalue weighted by molar-refractivity contribution is 8.01. The molecule has 0 amide bonds. The molecular formula is C6H14OS4. The Bertz CT molecular complexity index is 110. The second-order valence-electron chi connectivity index (χ2n) is 2.30. The minimum atomic E-state index is -0.737. The van der Waals surface area contributed by atoms with Crippen LogP contribution in [0.25, 0.3) is 0 Å². The molecule has 0 spiro atoms. The zero-order valence-corrected chi connectivity index (χ0v) is 10.2. The van der Waals surface area contributed by atoms with Crippen molar-refractivity contribution in [3.05, 3.63) is 0 Å². The zero-order chi connectivity index (χ0) is 9.12. The van der Waals surface area contributed by atoms with E-state index >= 15 is 0 Å². The fourth-order valence-electron chi connectivity index (χ4n) is 0.406. The molecule has 0 aromatic rings. The Kier molecular flexibility index (Phi) is 5.12. The maximum atomic E-state index is 5.38. The van der Waals surface area contributed by atoms with Crippen LogP contribution in [-0.4, -0.2) is 8.53 Å². The molecular weight excluding hydrogens is 216 g/mol. The second kappa shape index (κ2) is 4.56. The van der Waals surface area contributed by atoms with Gasteiger partial charge >= 0.3 is 0 Å². The van der Waals surface area contributed by atoms with E-state index in [-0.39, 0.29) is 0 Å². The summed E-state index contributed by atoms with van der Waals surface area (Å²) in [6, 6.07) is 0. The minimum absolute atomic E-state index is 0.697. The maximum Gasteiger partial charge on any atom is 0.157 e. The summed E-state index contributed by atoms with van der Waals surface area (Å²) in [5.74, 6) is 0. The number of rotatable bonds is 4. The fraction of sp³-hybridized carbons (Fsp3) is 1.00. The molecule has 0 N–H and O–H groups in total. The van der Waals surface area contributed by atoms with Crippen molar-refractivity contribution in [2.24, 2.45) is 0 Å². The fourth-order valence-corrected chi connectivity index (χ4v) is 1.32. The number of hydrogen-bond acceptors (Lipinski definition) is 5. The Morgan fingerprint density at radius 3 is 1.36 bits per heavy atom. The molecule has 0 heterocycles. The molecule has 0 fully saturated rings. The number of thiol groups is 4. The van der Waals surface area contributed by atoms with Crippen LogP contribution in [0.1, 0.15) is 26.7 Å². The van der Waals surface area contributed by atoms with Gasteiger partial charge in [-0.15, -0.1) is 50.5 Å². The molecule has 0 aliphatic heterocycles. The lowest BCUT2D eigenvalue weighted by molar-refractivity contribution is 0.0492. The normalized spacial score (nSPS) is 13.6. The van der Waals surface area contributed by atoms with E-state index in [4.69, 9.17) is 4.74 Å². The largest absolute Gasteiger partial charge is 0.329 e. The first-order valence-corrected chi connectivity index (χ1v) is 5.21. The predicted octanol–water partition coefficient (Wildman–Crippen LogP) is 2.85. The summed E-state index contributed by atoms with van der Waals surface area (Å²) in [5, 5.41) is 0. The van der Waals surface area contributed by atoms with Gasteiger partial charge in [-0.3, -0.25) is 0 Å². The monoisotopic (exact) mass is 230 g/mol. The highest BCUT2D eigenvalue weighted by Gasteiger charge is 2.29. The molecule has 0 unspecified atom stereocenters. The van der Waals surface area contributed by atoms with Gasteiger partial charge in [0.15, 0.2) is 8.53 Å². The Morgan fingerprint density at radius 2 is 1.18 bits per heavy atom. The molecule has 5 heteroatoms. The van der Waals surface area contributed by atoms with E-state index in [0.717, 1.165) is 0 Å². The summed E-state index contributed by atoms with van der Waals surface area (Å²) in [4.78, 5) is 0. The van der Waals surface area contributed by atoms with Crippen molar-refractivity contribution in [3.8, 4) is 0 Å². The molecule has 0 aromatic heterocycles. The van der Waals surface area contributed by atoms with E-state index < -0.39 is 8.53 Å². The molecule has 0 saturated carbocycles. The topological polar surface area (TPSA) is 9.23 Å². The summed E-state index contributed by atoms with van der Waals surface area (Å²) in [6.07, 6.45) is 1.39. The van der Waals surface area contributed by atoms with Crippen molar-refractivity contribution in [2.45, 2.75) is 35.2 Å². The molecule has 0 aliphatic carbocycles. The smallest absolute Gasteiger partial charge is 0.157 e. The van der Waals surface area contributed by atoms with E-state index in [0.29, 0.717) is 12.8 Å². The van der Waals surface area contributed by atoms with E-state index in [1.165, 1.54) is 0 Å². The molecule has 0 rings (SSSR count). The minimum Gasteiger partial charge on any atom is -0.329 e. The van der Waals surface area contributed by atoms with Crippen LogP contribution in [0.15, 0.2) is 0 Å². The van der Waals surface area contributed by atoms with Crippen LogP contribution < -0.4 is 0 Å². The summed E-state index contributed by atoms with van der Waals surface area (Å²) < 4.78 is 3.91. The van der Waals surface area contributed by atoms with Crippen molar-refractivity contribution in [2.75, 3.05) is 0 Å². The molecule has 0 aromatic carbocycles. The van der Waals surface area contributed by atoms with Crippen LogP contribution in [0.5, 0.6) is 0 Å². The van der Waals surface area contributed by atoms with Crippen molar-refractivity contribution in [3.63, 3.8) is 0 Å². The van der Waals surface area contributed by atoms with Gasteiger partial charge in [-0.1, -0.05) is 13.8 Å². The lowest BCUT2D eigenvalue weighted by Gasteiger charge is -2.31. The zero-order valence-electron chi connectivity index (χ0n) is 6.61. The van der Waals surface area contributed by atoms with E-state index in [9.17, 15) is 0 Å². The summed E-state index contributed by atoms with van der Waals surface area (Å²) in [7, 11) is 0. The van der Waals surface area contributed by atoms with Gasteiger partial charge in [0.25, 0.3) is 0 Å². The number of hydrogen-bond donors (Lipinski definition) is 4. The van der Waals surface area contributed by atoms with Gasteiger partial charge in [0.2, 0.25) is 0 Å². The first-order chi connectivity index (χ1) is 4.83. The van der Waals surface area contributed by atoms with Gasteiger partial charge in [0.1, 0.15) is 0 Å². The van der Waals surface area contributed by atoms with E-state index in [1.807, 2.05) is 13.8 Å². The highest BCUT2D eigenvalue weighted by atomic mass is 32.2. The predicted molar refractivity (Wildman–Crippen MR) is 63.1 cm³/mol. The van der Waals surface area contributed by atoms with E-state index in [1.54, 1.807) is 0 Å². The summed E-state index contributed by atoms with van der Waals surface area (Å²) in [5.41, 5.74) is 0. The van der Waals surface area contributed by atoms with Gasteiger partial charge in [-0.25, -0.2) is 0 Å². The standard InChI is InChI=1S/C6H14OS4/c1-3-5(8,9)7-6(10,11)4-2/h8-11H,3-4H2,1-2H3. The quantitative estimate of drug-likeness (QED) is 0.429. The van der Waals surface area contributed by atoms with Crippen LogP contribution in [0.3, 0.4) is 0 Å². The average Bonchev–Trinajstić information content (AvgIpc) is 1.86. The third-order valence-corrected chi connectivity index (χ3v) is 2.88. The van der Waals surface area contributed by atoms with Gasteiger partial charge in [0, 0.05) is 0 Å². The van der Waals surface area contributed by atoms with Gasteiger partial charge in [0.05, 0.1) is 0 Å². The molecule has 0 aliphatic rings. The average molecular weight is 230 g/mol. The van der Waals surface area contributed by atoms with Crippen LogP contribution in [0.4, 0.5) is 0 Å². The molecule has 68 valence electrons. The Labute approximate surface area is 90.3 Å². The number of ether oxygens (including phenoxy) is 1.